The number of benzene rings is 1. The van der Waals surface area contributed by atoms with Gasteiger partial charge in [-0.2, -0.15) is 5.10 Å². The molecule has 0 spiro atoms. The molecule has 176 valence electrons. The summed E-state index contributed by atoms with van der Waals surface area (Å²) in [7, 11) is 0. The molecule has 3 aromatic heterocycles. The van der Waals surface area contributed by atoms with E-state index in [0.717, 1.165) is 42.9 Å². The molecule has 0 aliphatic carbocycles. The number of pyridine rings is 1. The number of carbonyl (C=O) groups is 1. The number of hydrazone groups is 1. The van der Waals surface area contributed by atoms with Crippen LogP contribution < -0.4 is 15.5 Å². The van der Waals surface area contributed by atoms with Gasteiger partial charge < -0.3 is 24.5 Å². The second-order valence-corrected chi connectivity index (χ2v) is 7.65. The number of hydrogen-bond acceptors (Lipinski definition) is 5. The first kappa shape index (κ1) is 23.1. The molecule has 0 saturated carbocycles. The van der Waals surface area contributed by atoms with Crippen LogP contribution in [-0.4, -0.2) is 51.3 Å². The van der Waals surface area contributed by atoms with E-state index in [9.17, 15) is 4.79 Å². The van der Waals surface area contributed by atoms with Crippen molar-refractivity contribution in [3.63, 3.8) is 0 Å². The van der Waals surface area contributed by atoms with E-state index in [0.29, 0.717) is 17.2 Å². The van der Waals surface area contributed by atoms with Crippen LogP contribution in [0.1, 0.15) is 19.5 Å². The molecule has 2 amide bonds. The Balaban J connectivity index is 1.28. The normalized spacial score (nSPS) is 11.4. The van der Waals surface area contributed by atoms with E-state index in [-0.39, 0.29) is 0 Å². The fraction of sp³-hybridized carbons (Fsp3) is 0.240. The summed E-state index contributed by atoms with van der Waals surface area (Å²) >= 11 is 0. The average molecular weight is 460 g/mol. The summed E-state index contributed by atoms with van der Waals surface area (Å²) in [5.74, 6) is 1.36. The molecule has 4 aromatic rings. The molecule has 0 unspecified atom stereocenters. The molecule has 0 saturated heterocycles. The highest BCUT2D eigenvalue weighted by atomic mass is 16.5. The minimum absolute atomic E-state index is 0.422. The average Bonchev–Trinajstić information content (AvgIpc) is 3.51. The van der Waals surface area contributed by atoms with Crippen LogP contribution in [0.4, 0.5) is 10.5 Å². The molecule has 0 bridgehead atoms. The third-order valence-electron chi connectivity index (χ3n) is 5.54. The monoisotopic (exact) mass is 459 g/mol. The summed E-state index contributed by atoms with van der Waals surface area (Å²) in [6.07, 6.45) is 7.18. The Morgan fingerprint density at radius 2 is 2.00 bits per heavy atom. The van der Waals surface area contributed by atoms with Crippen LogP contribution in [0.25, 0.3) is 11.0 Å². The Bertz CT molecular complexity index is 1240. The summed E-state index contributed by atoms with van der Waals surface area (Å²) in [6.45, 7) is 8.20. The molecule has 34 heavy (non-hydrogen) atoms. The Hall–Kier alpha value is -4.11. The van der Waals surface area contributed by atoms with Crippen LogP contribution in [0.5, 0.6) is 11.5 Å². The molecule has 1 aromatic carbocycles. The summed E-state index contributed by atoms with van der Waals surface area (Å²) in [4.78, 5) is 21.9. The molecule has 0 fully saturated rings. The number of ether oxygens (including phenoxy) is 1. The number of carbonyl (C=O) groups excluding carboxylic acids is 1. The Morgan fingerprint density at radius 1 is 1.18 bits per heavy atom. The summed E-state index contributed by atoms with van der Waals surface area (Å²) in [6, 6.07) is 14.4. The van der Waals surface area contributed by atoms with Gasteiger partial charge >= 0.3 is 6.03 Å². The van der Waals surface area contributed by atoms with Crippen molar-refractivity contribution in [3.8, 4) is 11.5 Å². The van der Waals surface area contributed by atoms with E-state index in [1.54, 1.807) is 36.7 Å². The highest BCUT2D eigenvalue weighted by molar-refractivity contribution is 5.90. The van der Waals surface area contributed by atoms with Gasteiger partial charge in [0.25, 0.3) is 0 Å². The lowest BCUT2D eigenvalue weighted by molar-refractivity contribution is 0.252. The number of likely N-dealkylation sites (N-methyl/N-ethyl adjacent to an activating group) is 1. The van der Waals surface area contributed by atoms with Crippen molar-refractivity contribution in [1.82, 2.24) is 24.9 Å². The number of nitrogens with zero attached hydrogens (tertiary/aromatic N) is 4. The summed E-state index contributed by atoms with van der Waals surface area (Å²) < 4.78 is 8.07. The molecule has 3 heterocycles. The smallest absolute Gasteiger partial charge is 0.339 e. The third kappa shape index (κ3) is 5.81. The van der Waals surface area contributed by atoms with Gasteiger partial charge in [0.2, 0.25) is 0 Å². The first-order chi connectivity index (χ1) is 16.7. The van der Waals surface area contributed by atoms with E-state index in [1.807, 2.05) is 36.7 Å². The van der Waals surface area contributed by atoms with E-state index >= 15 is 0 Å². The second-order valence-electron chi connectivity index (χ2n) is 7.65. The maximum Gasteiger partial charge on any atom is 0.339 e. The number of nitrogens with one attached hydrogen (secondary N) is 3. The van der Waals surface area contributed by atoms with Gasteiger partial charge in [-0.15, -0.1) is 0 Å². The topological polar surface area (TPSA) is 99.6 Å². The van der Waals surface area contributed by atoms with Crippen LogP contribution in [0.2, 0.25) is 0 Å². The van der Waals surface area contributed by atoms with Crippen molar-refractivity contribution in [2.45, 2.75) is 20.4 Å². The molecule has 9 nitrogen and oxygen atoms in total. The van der Waals surface area contributed by atoms with Crippen molar-refractivity contribution in [1.29, 1.82) is 0 Å². The molecule has 0 atom stereocenters. The highest BCUT2D eigenvalue weighted by Crippen LogP contribution is 2.28. The van der Waals surface area contributed by atoms with Crippen molar-refractivity contribution >= 4 is 29.0 Å². The molecule has 0 aliphatic rings. The van der Waals surface area contributed by atoms with Crippen molar-refractivity contribution in [2.75, 3.05) is 25.0 Å². The molecular formula is C25H29N7O2. The maximum absolute atomic E-state index is 12.2. The number of urea groups is 1. The largest absolute Gasteiger partial charge is 0.457 e. The quantitative estimate of drug-likeness (QED) is 0.237. The zero-order valence-electron chi connectivity index (χ0n) is 19.4. The van der Waals surface area contributed by atoms with Crippen molar-refractivity contribution in [3.05, 3.63) is 72.8 Å². The van der Waals surface area contributed by atoms with Crippen LogP contribution in [0.15, 0.2) is 72.2 Å². The van der Waals surface area contributed by atoms with Gasteiger partial charge in [-0.05, 0) is 61.6 Å². The van der Waals surface area contributed by atoms with Crippen LogP contribution in [0.3, 0.4) is 0 Å². The lowest BCUT2D eigenvalue weighted by Gasteiger charge is -2.18. The summed E-state index contributed by atoms with van der Waals surface area (Å²) in [5.41, 5.74) is 4.84. The second kappa shape index (κ2) is 11.2. The van der Waals surface area contributed by atoms with Crippen LogP contribution in [-0.2, 0) is 6.54 Å². The van der Waals surface area contributed by atoms with E-state index in [2.05, 4.69) is 49.1 Å². The lowest BCUT2D eigenvalue weighted by atomic mass is 10.3. The number of aromatic nitrogens is 3. The zero-order chi connectivity index (χ0) is 23.8. The van der Waals surface area contributed by atoms with Gasteiger partial charge in [-0.25, -0.2) is 15.2 Å². The third-order valence-corrected chi connectivity index (χ3v) is 5.54. The van der Waals surface area contributed by atoms with Crippen LogP contribution in [0, 0.1) is 0 Å². The van der Waals surface area contributed by atoms with Gasteiger partial charge in [0.1, 0.15) is 17.1 Å². The number of H-pyrrole nitrogens is 1. The van der Waals surface area contributed by atoms with Crippen molar-refractivity contribution < 1.29 is 9.53 Å². The lowest BCUT2D eigenvalue weighted by Crippen LogP contribution is -2.27. The van der Waals surface area contributed by atoms with E-state index in [4.69, 9.17) is 4.74 Å². The predicted molar refractivity (Wildman–Crippen MR) is 135 cm³/mol. The van der Waals surface area contributed by atoms with E-state index in [1.165, 1.54) is 0 Å². The highest BCUT2D eigenvalue weighted by Gasteiger charge is 2.06. The Morgan fingerprint density at radius 3 is 2.79 bits per heavy atom. The molecule has 0 radical (unpaired) electrons. The number of hydrogen-bond donors (Lipinski definition) is 3. The standard InChI is InChI=1S/C25H29N7O2/c1-3-31(4-2)16-17-32-15-5-6-20(32)18-28-30-25(33)29-19-7-9-21(10-8-19)34-23-12-14-27-24-22(23)11-13-26-24/h5-15,18H,3-4,16-17H2,1-2H3,(H,26,27)(H2,29,30,33)/b28-18+. The SMILES string of the molecule is CCN(CC)CCn1cccc1/C=N/NC(=O)Nc1ccc(Oc2ccnc3[nH]ccc23)cc1. The number of rotatable bonds is 10. The number of anilines is 1. The minimum atomic E-state index is -0.422. The van der Waals surface area contributed by atoms with Gasteiger partial charge in [0, 0.05) is 37.4 Å². The number of aromatic amines is 1. The maximum atomic E-state index is 12.2. The fourth-order valence-corrected chi connectivity index (χ4v) is 3.61. The fourth-order valence-electron chi connectivity index (χ4n) is 3.61. The number of amides is 2. The van der Waals surface area contributed by atoms with Crippen molar-refractivity contribution in [2.24, 2.45) is 5.10 Å². The Labute approximate surface area is 198 Å². The molecule has 3 N–H and O–H groups in total. The number of fused-ring (bicyclic) bond motifs is 1. The van der Waals surface area contributed by atoms with Gasteiger partial charge in [0.05, 0.1) is 17.3 Å². The Kier molecular flexibility index (Phi) is 7.56. The first-order valence-corrected chi connectivity index (χ1v) is 11.3. The predicted octanol–water partition coefficient (Wildman–Crippen LogP) is 4.65. The van der Waals surface area contributed by atoms with Gasteiger partial charge in [-0.3, -0.25) is 0 Å². The summed E-state index contributed by atoms with van der Waals surface area (Å²) in [5, 5.41) is 7.74. The van der Waals surface area contributed by atoms with E-state index < -0.39 is 6.03 Å². The zero-order valence-corrected chi connectivity index (χ0v) is 19.4. The molecule has 9 heteroatoms. The van der Waals surface area contributed by atoms with Crippen LogP contribution >= 0.6 is 0 Å². The minimum Gasteiger partial charge on any atom is -0.457 e. The first-order valence-electron chi connectivity index (χ1n) is 11.3. The molecular weight excluding hydrogens is 430 g/mol. The molecule has 4 rings (SSSR count). The molecule has 0 aliphatic heterocycles. The van der Waals surface area contributed by atoms with Gasteiger partial charge in [0.15, 0.2) is 0 Å². The van der Waals surface area contributed by atoms with Gasteiger partial charge in [-0.1, -0.05) is 13.8 Å².